The van der Waals surface area contributed by atoms with Crippen molar-refractivity contribution >= 4 is 40.6 Å². The highest BCUT2D eigenvalue weighted by atomic mass is 35.5. The molecule has 2 aromatic heterocycles. The highest BCUT2D eigenvalue weighted by Gasteiger charge is 2.37. The van der Waals surface area contributed by atoms with Crippen LogP contribution in [-0.4, -0.2) is 39.9 Å². The zero-order chi connectivity index (χ0) is 22.2. The molecule has 0 fully saturated rings. The highest BCUT2D eigenvalue weighted by molar-refractivity contribution is 6.36. The van der Waals surface area contributed by atoms with Gasteiger partial charge in [-0.2, -0.15) is 14.9 Å². The predicted octanol–water partition coefficient (Wildman–Crippen LogP) is 4.72. The first-order valence-electron chi connectivity index (χ1n) is 8.21. The van der Waals surface area contributed by atoms with E-state index in [1.54, 1.807) is 0 Å². The number of carbonyl (C=O) groups excluding carboxylic acids is 1. The van der Waals surface area contributed by atoms with Gasteiger partial charge in [-0.05, 0) is 19.1 Å². The van der Waals surface area contributed by atoms with Crippen LogP contribution in [0.5, 0.6) is 0 Å². The summed E-state index contributed by atoms with van der Waals surface area (Å²) in [4.78, 5) is 16.1. The molecule has 0 aliphatic heterocycles. The number of nitriles is 1. The van der Waals surface area contributed by atoms with E-state index in [1.165, 1.54) is 18.2 Å². The molecule has 7 nitrogen and oxygen atoms in total. The van der Waals surface area contributed by atoms with Gasteiger partial charge in [-0.3, -0.25) is 0 Å². The van der Waals surface area contributed by atoms with Crippen LogP contribution in [0.4, 0.5) is 19.0 Å². The molecule has 156 valence electrons. The zero-order valence-electron chi connectivity index (χ0n) is 15.4. The van der Waals surface area contributed by atoms with E-state index in [-0.39, 0.29) is 43.9 Å². The fraction of sp³-hybridized carbons (Fsp3) is 0.222. The van der Waals surface area contributed by atoms with Crippen molar-refractivity contribution in [2.24, 2.45) is 0 Å². The Bertz CT molecular complexity index is 1190. The normalized spacial score (nSPS) is 13.2. The van der Waals surface area contributed by atoms with E-state index in [0.717, 1.165) is 17.8 Å². The molecule has 1 aromatic carbocycles. The zero-order valence-corrected chi connectivity index (χ0v) is 16.9. The second-order valence-electron chi connectivity index (χ2n) is 6.22. The number of halogens is 5. The van der Waals surface area contributed by atoms with Crippen molar-refractivity contribution < 1.29 is 22.7 Å². The summed E-state index contributed by atoms with van der Waals surface area (Å²) in [5.74, 6) is -4.32. The predicted molar refractivity (Wildman–Crippen MR) is 104 cm³/mol. The summed E-state index contributed by atoms with van der Waals surface area (Å²) in [6.07, 6.45) is -2.34. The molecule has 30 heavy (non-hydrogen) atoms. The van der Waals surface area contributed by atoms with E-state index >= 15 is 0 Å². The number of alkyl halides is 3. The lowest BCUT2D eigenvalue weighted by Crippen LogP contribution is -2.38. The largest absolute Gasteiger partial charge is 0.465 e. The Labute approximate surface area is 178 Å². The highest BCUT2D eigenvalue weighted by Crippen LogP contribution is 2.40. The molecule has 0 amide bonds. The second kappa shape index (κ2) is 8.01. The van der Waals surface area contributed by atoms with Crippen molar-refractivity contribution in [1.82, 2.24) is 14.6 Å². The molecule has 0 saturated heterocycles. The fourth-order valence-electron chi connectivity index (χ4n) is 2.65. The number of carbonyl (C=O) groups is 1. The Kier molecular flexibility index (Phi) is 5.78. The van der Waals surface area contributed by atoms with Crippen LogP contribution < -0.4 is 5.32 Å². The summed E-state index contributed by atoms with van der Waals surface area (Å²) in [6, 6.07) is 6.05. The lowest BCUT2D eigenvalue weighted by atomic mass is 10.1. The van der Waals surface area contributed by atoms with Crippen LogP contribution in [0, 0.1) is 11.3 Å². The molecule has 1 N–H and O–H groups in total. The summed E-state index contributed by atoms with van der Waals surface area (Å²) in [7, 11) is 1.13. The quantitative estimate of drug-likeness (QED) is 0.338. The van der Waals surface area contributed by atoms with E-state index in [4.69, 9.17) is 28.5 Å². The smallest absolute Gasteiger partial charge is 0.343 e. The van der Waals surface area contributed by atoms with Crippen molar-refractivity contribution in [3.05, 3.63) is 45.7 Å². The van der Waals surface area contributed by atoms with Gasteiger partial charge in [-0.15, -0.1) is 0 Å². The number of anilines is 1. The third-order valence-electron chi connectivity index (χ3n) is 4.15. The number of esters is 1. The van der Waals surface area contributed by atoms with E-state index in [2.05, 4.69) is 20.1 Å². The van der Waals surface area contributed by atoms with Crippen molar-refractivity contribution in [1.29, 1.82) is 5.26 Å². The Hall–Kier alpha value is -3.03. The van der Waals surface area contributed by atoms with Gasteiger partial charge in [0.25, 0.3) is 6.43 Å². The van der Waals surface area contributed by atoms with E-state index < -0.39 is 18.2 Å². The third-order valence-corrected chi connectivity index (χ3v) is 4.73. The summed E-state index contributed by atoms with van der Waals surface area (Å²) < 4.78 is 46.7. The minimum atomic E-state index is -3.42. The molecule has 0 unspecified atom stereocenters. The van der Waals surface area contributed by atoms with Crippen LogP contribution in [0.3, 0.4) is 0 Å². The van der Waals surface area contributed by atoms with Crippen molar-refractivity contribution in [2.75, 3.05) is 12.4 Å². The number of hydrogen-bond acceptors (Lipinski definition) is 6. The van der Waals surface area contributed by atoms with E-state index in [1.807, 2.05) is 6.07 Å². The van der Waals surface area contributed by atoms with Gasteiger partial charge in [0, 0.05) is 10.6 Å². The summed E-state index contributed by atoms with van der Waals surface area (Å²) in [5, 5.41) is 14.8. The molecule has 2 heterocycles. The third kappa shape index (κ3) is 3.74. The number of nitrogens with one attached hydrogen (secondary N) is 1. The van der Waals surface area contributed by atoms with Crippen LogP contribution in [0.25, 0.3) is 16.8 Å². The first-order valence-corrected chi connectivity index (χ1v) is 8.97. The summed E-state index contributed by atoms with van der Waals surface area (Å²) in [6.45, 7) is 0.632. The maximum atomic E-state index is 14.6. The molecular weight excluding hydrogens is 446 g/mol. The first kappa shape index (κ1) is 21.7. The van der Waals surface area contributed by atoms with Gasteiger partial charge in [0.2, 0.25) is 5.79 Å². The van der Waals surface area contributed by atoms with E-state index in [0.29, 0.717) is 6.92 Å². The number of rotatable bonds is 5. The fourth-order valence-corrected chi connectivity index (χ4v) is 3.19. The number of benzene rings is 1. The van der Waals surface area contributed by atoms with Gasteiger partial charge < -0.3 is 10.1 Å². The van der Waals surface area contributed by atoms with Gasteiger partial charge in [0.05, 0.1) is 30.5 Å². The Morgan fingerprint density at radius 1 is 1.40 bits per heavy atom. The maximum absolute atomic E-state index is 14.6. The average molecular weight is 458 g/mol. The Morgan fingerprint density at radius 3 is 2.67 bits per heavy atom. The lowest BCUT2D eigenvalue weighted by molar-refractivity contribution is -0.00293. The summed E-state index contributed by atoms with van der Waals surface area (Å²) in [5.41, 5.74) is 0.101. The topological polar surface area (TPSA) is 92.3 Å². The first-order chi connectivity index (χ1) is 14.1. The monoisotopic (exact) mass is 457 g/mol. The number of nitrogens with zero attached hydrogens (tertiary/aromatic N) is 4. The van der Waals surface area contributed by atoms with Gasteiger partial charge in [-0.25, -0.2) is 22.9 Å². The van der Waals surface area contributed by atoms with Gasteiger partial charge >= 0.3 is 5.97 Å². The summed E-state index contributed by atoms with van der Waals surface area (Å²) >= 11 is 12.5. The Morgan fingerprint density at radius 2 is 2.10 bits per heavy atom. The van der Waals surface area contributed by atoms with E-state index in [9.17, 15) is 18.0 Å². The van der Waals surface area contributed by atoms with Gasteiger partial charge in [-0.1, -0.05) is 29.3 Å². The standard InChI is InChI=1S/C18H12Cl2F3N5O2/c1-18(23,17(21)22)27-15-12(9-4-3-8(6-24)5-11(9)19)13(20)26-14-10(16(29)30-2)7-25-28(14)15/h3-5,7,17,27H,1-2H3/t18-/m1/s1. The van der Waals surface area contributed by atoms with Crippen molar-refractivity contribution in [2.45, 2.75) is 19.1 Å². The molecule has 3 rings (SSSR count). The number of ether oxygens (including phenoxy) is 1. The minimum Gasteiger partial charge on any atom is -0.465 e. The minimum absolute atomic E-state index is 0.0399. The molecule has 0 bridgehead atoms. The molecule has 0 spiro atoms. The number of methoxy groups -OCH3 is 1. The molecule has 0 aliphatic rings. The molecule has 0 radical (unpaired) electrons. The molecular formula is C18H12Cl2F3N5O2. The SMILES string of the molecule is COC(=O)c1cnn2c(N[C@@](C)(F)C(F)F)c(-c3ccc(C#N)cc3Cl)c(Cl)nc12. The van der Waals surface area contributed by atoms with Crippen LogP contribution in [-0.2, 0) is 4.74 Å². The average Bonchev–Trinajstić information content (AvgIpc) is 3.11. The van der Waals surface area contributed by atoms with Gasteiger partial charge in [0.1, 0.15) is 16.5 Å². The maximum Gasteiger partial charge on any atom is 0.343 e. The molecule has 3 aromatic rings. The number of hydrogen-bond donors (Lipinski definition) is 1. The molecule has 1 atom stereocenters. The lowest BCUT2D eigenvalue weighted by Gasteiger charge is -2.25. The number of aromatic nitrogens is 3. The van der Waals surface area contributed by atoms with Crippen LogP contribution in [0.1, 0.15) is 22.8 Å². The van der Waals surface area contributed by atoms with Gasteiger partial charge in [0.15, 0.2) is 5.65 Å². The second-order valence-corrected chi connectivity index (χ2v) is 6.98. The van der Waals surface area contributed by atoms with Crippen LogP contribution >= 0.6 is 23.2 Å². The Balaban J connectivity index is 2.36. The molecule has 12 heteroatoms. The molecule has 0 saturated carbocycles. The van der Waals surface area contributed by atoms with Crippen LogP contribution in [0.15, 0.2) is 24.4 Å². The molecule has 0 aliphatic carbocycles. The van der Waals surface area contributed by atoms with Crippen molar-refractivity contribution in [3.8, 4) is 17.2 Å². The van der Waals surface area contributed by atoms with Crippen molar-refractivity contribution in [3.63, 3.8) is 0 Å². The number of fused-ring (bicyclic) bond motifs is 1. The van der Waals surface area contributed by atoms with Crippen LogP contribution in [0.2, 0.25) is 10.2 Å².